The topological polar surface area (TPSA) is 0 Å². The second-order valence-electron chi connectivity index (χ2n) is 6.90. The summed E-state index contributed by atoms with van der Waals surface area (Å²) in [6.07, 6.45) is 3.75. The Bertz CT molecular complexity index is 691. The van der Waals surface area contributed by atoms with Gasteiger partial charge in [-0.3, -0.25) is 0 Å². The minimum Gasteiger partial charge on any atom is -0.0626 e. The Morgan fingerprint density at radius 2 is 0.778 bits per heavy atom. The summed E-state index contributed by atoms with van der Waals surface area (Å²) >= 11 is 0. The third kappa shape index (κ3) is 3.51. The maximum Gasteiger partial charge on any atom is 0.154 e. The van der Waals surface area contributed by atoms with Crippen molar-refractivity contribution < 1.29 is 0 Å². The van der Waals surface area contributed by atoms with Gasteiger partial charge >= 0.3 is 0 Å². The van der Waals surface area contributed by atoms with Crippen LogP contribution in [-0.2, 0) is 5.16 Å². The largest absolute Gasteiger partial charge is 0.154 e. The lowest BCUT2D eigenvalue weighted by atomic mass is 9.84. The minimum absolute atomic E-state index is 0. The average Bonchev–Trinajstić information content (AvgIpc) is 2.74. The lowest BCUT2D eigenvalue weighted by molar-refractivity contribution is 0.847. The van der Waals surface area contributed by atoms with E-state index in [9.17, 15) is 0 Å². The monoisotopic (exact) mass is 376 g/mol. The average molecular weight is 376 g/mol. The molecule has 0 saturated carbocycles. The lowest BCUT2D eigenvalue weighted by Gasteiger charge is -2.45. The van der Waals surface area contributed by atoms with Gasteiger partial charge in [-0.1, -0.05) is 99.4 Å². The van der Waals surface area contributed by atoms with Crippen LogP contribution in [-0.4, -0.2) is 26.9 Å². The highest BCUT2D eigenvalue weighted by molar-refractivity contribution is 7.77. The first-order valence-electron chi connectivity index (χ1n) is 9.78. The maximum atomic E-state index is 2.41. The first-order valence-corrected chi connectivity index (χ1v) is 12.1. The van der Waals surface area contributed by atoms with Crippen LogP contribution in [0.15, 0.2) is 91.0 Å². The van der Waals surface area contributed by atoms with Gasteiger partial charge < -0.3 is 0 Å². The maximum absolute atomic E-state index is 2.41. The van der Waals surface area contributed by atoms with E-state index < -0.39 is 7.26 Å². The number of rotatable bonds is 7. The van der Waals surface area contributed by atoms with E-state index in [1.807, 2.05) is 0 Å². The van der Waals surface area contributed by atoms with Crippen molar-refractivity contribution in [1.82, 2.24) is 0 Å². The quantitative estimate of drug-likeness (QED) is 0.286. The van der Waals surface area contributed by atoms with Crippen molar-refractivity contribution in [3.8, 4) is 0 Å². The van der Waals surface area contributed by atoms with Gasteiger partial charge in [0.15, 0.2) is 5.16 Å². The highest BCUT2D eigenvalue weighted by atomic mass is 31.2. The van der Waals surface area contributed by atoms with E-state index in [-0.39, 0.29) is 13.6 Å². The highest BCUT2D eigenvalue weighted by Crippen LogP contribution is 2.76. The van der Waals surface area contributed by atoms with Crippen molar-refractivity contribution in [2.75, 3.05) is 18.5 Å². The van der Waals surface area contributed by atoms with Crippen LogP contribution in [0, 0.1) is 0 Å². The number of benzene rings is 3. The summed E-state index contributed by atoms with van der Waals surface area (Å²) < 4.78 is 0. The first kappa shape index (κ1) is 21.5. The molecule has 0 fully saturated rings. The molecule has 0 bridgehead atoms. The molecule has 0 spiro atoms. The van der Waals surface area contributed by atoms with Crippen LogP contribution >= 0.6 is 7.26 Å². The third-order valence-electron chi connectivity index (χ3n) is 6.10. The Morgan fingerprint density at radius 3 is 1.00 bits per heavy atom. The molecule has 3 rings (SSSR count). The Balaban J connectivity index is 0.00000261. The molecule has 0 aliphatic carbocycles. The van der Waals surface area contributed by atoms with Crippen molar-refractivity contribution in [3.05, 3.63) is 108 Å². The van der Waals surface area contributed by atoms with Gasteiger partial charge in [-0.05, 0) is 20.8 Å². The smallest absolute Gasteiger partial charge is 0.0626 e. The van der Waals surface area contributed by atoms with Gasteiger partial charge in [-0.2, -0.15) is 0 Å². The van der Waals surface area contributed by atoms with E-state index >= 15 is 0 Å². The predicted octanol–water partition coefficient (Wildman–Crippen LogP) is 5.60. The molecule has 0 aliphatic rings. The molecular formula is C25H34BP. The SMILES string of the molecule is CC[P+](CC)(CC)C(c1ccccc1)(c1ccccc1)c1ccccc1.[BH4-]. The van der Waals surface area contributed by atoms with Gasteiger partial charge in [-0.25, -0.2) is 0 Å². The molecule has 0 heterocycles. The standard InChI is InChI=1S/C25H30P.BH4/c1-4-26(5-2,6-3)25(22-16-10-7-11-17-22,23-18-12-8-13-19-23)24-20-14-9-15-21-24;/h7-21H,4-6H2,1-3H3;1H4/q+1;-1. The molecule has 0 atom stereocenters. The zero-order chi connectivity index (χ0) is 18.5. The number of hydrogen-bond acceptors (Lipinski definition) is 0. The summed E-state index contributed by atoms with van der Waals surface area (Å²) in [4.78, 5) is 0. The molecule has 0 nitrogen and oxygen atoms in total. The lowest BCUT2D eigenvalue weighted by Crippen LogP contribution is -2.35. The van der Waals surface area contributed by atoms with Crippen LogP contribution in [0.25, 0.3) is 0 Å². The van der Waals surface area contributed by atoms with E-state index in [0.717, 1.165) is 0 Å². The molecule has 142 valence electrons. The first-order chi connectivity index (χ1) is 12.7. The summed E-state index contributed by atoms with van der Waals surface area (Å²) in [5, 5.41) is -0.0466. The molecule has 0 amide bonds. The molecule has 3 aromatic rings. The van der Waals surface area contributed by atoms with E-state index in [1.165, 1.54) is 35.2 Å². The van der Waals surface area contributed by atoms with Crippen molar-refractivity contribution in [3.63, 3.8) is 0 Å². The molecule has 0 aliphatic heterocycles. The van der Waals surface area contributed by atoms with Gasteiger partial charge in [0.2, 0.25) is 0 Å². The molecule has 0 unspecified atom stereocenters. The summed E-state index contributed by atoms with van der Waals surface area (Å²) in [5.41, 5.74) is 4.32. The molecule has 0 N–H and O–H groups in total. The van der Waals surface area contributed by atoms with Crippen molar-refractivity contribution in [1.29, 1.82) is 0 Å². The zero-order valence-corrected chi connectivity index (χ0v) is 17.1. The number of hydrogen-bond donors (Lipinski definition) is 0. The Labute approximate surface area is 168 Å². The van der Waals surface area contributed by atoms with Gasteiger partial charge in [0.1, 0.15) is 0 Å². The van der Waals surface area contributed by atoms with Crippen LogP contribution in [0.3, 0.4) is 0 Å². The molecule has 0 aromatic heterocycles. The summed E-state index contributed by atoms with van der Waals surface area (Å²) in [7, 11) is -1.35. The Hall–Kier alpha value is -1.85. The van der Waals surface area contributed by atoms with Gasteiger partial charge in [0, 0.05) is 24.0 Å². The molecule has 0 radical (unpaired) electrons. The second kappa shape index (κ2) is 9.38. The van der Waals surface area contributed by atoms with Crippen molar-refractivity contribution in [2.24, 2.45) is 0 Å². The molecule has 27 heavy (non-hydrogen) atoms. The van der Waals surface area contributed by atoms with Crippen LogP contribution in [0.1, 0.15) is 37.5 Å². The molecule has 2 heteroatoms. The van der Waals surface area contributed by atoms with Gasteiger partial charge in [-0.15, -0.1) is 0 Å². The van der Waals surface area contributed by atoms with E-state index in [4.69, 9.17) is 0 Å². The zero-order valence-electron chi connectivity index (χ0n) is 16.2. The Morgan fingerprint density at radius 1 is 0.519 bits per heavy atom. The fourth-order valence-electron chi connectivity index (χ4n) is 4.74. The second-order valence-corrected chi connectivity index (χ2v) is 11.8. The van der Waals surface area contributed by atoms with Gasteiger partial charge in [0.25, 0.3) is 0 Å². The van der Waals surface area contributed by atoms with E-state index in [1.54, 1.807) is 0 Å². The fraction of sp³-hybridized carbons (Fsp3) is 0.280. The van der Waals surface area contributed by atoms with E-state index in [2.05, 4.69) is 112 Å². The highest BCUT2D eigenvalue weighted by Gasteiger charge is 2.57. The normalized spacial score (nSPS) is 11.7. The summed E-state index contributed by atoms with van der Waals surface area (Å²) in [5.74, 6) is 0. The summed E-state index contributed by atoms with van der Waals surface area (Å²) in [6.45, 7) is 7.22. The third-order valence-corrected chi connectivity index (χ3v) is 11.9. The van der Waals surface area contributed by atoms with Crippen LogP contribution < -0.4 is 0 Å². The van der Waals surface area contributed by atoms with Crippen LogP contribution in [0.2, 0.25) is 0 Å². The van der Waals surface area contributed by atoms with Gasteiger partial charge in [0.05, 0.1) is 18.5 Å². The molecular weight excluding hydrogens is 342 g/mol. The van der Waals surface area contributed by atoms with E-state index in [0.29, 0.717) is 0 Å². The summed E-state index contributed by atoms with van der Waals surface area (Å²) in [6, 6.07) is 33.7. The van der Waals surface area contributed by atoms with Crippen LogP contribution in [0.4, 0.5) is 0 Å². The Kier molecular flexibility index (Phi) is 7.45. The fourth-order valence-corrected chi connectivity index (χ4v) is 9.60. The minimum atomic E-state index is -1.35. The van der Waals surface area contributed by atoms with Crippen molar-refractivity contribution in [2.45, 2.75) is 25.9 Å². The van der Waals surface area contributed by atoms with Crippen molar-refractivity contribution >= 4 is 15.7 Å². The molecule has 3 aromatic carbocycles. The molecule has 0 saturated heterocycles. The predicted molar refractivity (Wildman–Crippen MR) is 129 cm³/mol. The van der Waals surface area contributed by atoms with Crippen LogP contribution in [0.5, 0.6) is 0 Å².